The highest BCUT2D eigenvalue weighted by Gasteiger charge is 2.73. The normalized spacial score (nSPS) is 29.4. The molecule has 2 saturated carbocycles. The summed E-state index contributed by atoms with van der Waals surface area (Å²) in [6.07, 6.45) is 9.66. The minimum atomic E-state index is -1.25. The van der Waals surface area contributed by atoms with Gasteiger partial charge in [-0.05, 0) is 73.3 Å². The van der Waals surface area contributed by atoms with Crippen molar-refractivity contribution in [1.82, 2.24) is 15.6 Å². The van der Waals surface area contributed by atoms with Gasteiger partial charge in [-0.15, -0.1) is 0 Å². The molecule has 3 N–H and O–H groups in total. The van der Waals surface area contributed by atoms with Crippen LogP contribution in [0.15, 0.2) is 30.5 Å². The number of anilines is 1. The quantitative estimate of drug-likeness (QED) is 0.379. The molecule has 6 rings (SSSR count). The molecule has 2 amide bonds. The molecule has 3 atom stereocenters. The lowest BCUT2D eigenvalue weighted by atomic mass is 9.53. The summed E-state index contributed by atoms with van der Waals surface area (Å²) in [6, 6.07) is 6.18. The second-order valence-electron chi connectivity index (χ2n) is 12.6. The Hall–Kier alpha value is -2.22. The van der Waals surface area contributed by atoms with Gasteiger partial charge >= 0.3 is 0 Å². The predicted octanol–water partition coefficient (Wildman–Crippen LogP) is 6.26. The van der Waals surface area contributed by atoms with Crippen molar-refractivity contribution in [3.63, 3.8) is 0 Å². The van der Waals surface area contributed by atoms with Gasteiger partial charge < -0.3 is 10.6 Å². The van der Waals surface area contributed by atoms with Crippen molar-refractivity contribution < 1.29 is 14.0 Å². The number of amides is 2. The van der Waals surface area contributed by atoms with E-state index in [9.17, 15) is 9.59 Å². The van der Waals surface area contributed by atoms with Crippen LogP contribution < -0.4 is 16.0 Å². The molecule has 39 heavy (non-hydrogen) atoms. The molecule has 3 heterocycles. The molecule has 6 nitrogen and oxygen atoms in total. The molecule has 3 fully saturated rings. The van der Waals surface area contributed by atoms with E-state index in [1.54, 1.807) is 18.2 Å². The number of hydrogen-bond acceptors (Lipinski definition) is 4. The summed E-state index contributed by atoms with van der Waals surface area (Å²) < 4.78 is 15.9. The number of rotatable bonds is 3. The van der Waals surface area contributed by atoms with E-state index < -0.39 is 28.7 Å². The van der Waals surface area contributed by atoms with E-state index in [4.69, 9.17) is 23.2 Å². The van der Waals surface area contributed by atoms with Gasteiger partial charge in [-0.2, -0.15) is 0 Å². The monoisotopic (exact) mass is 572 g/mol. The van der Waals surface area contributed by atoms with Crippen LogP contribution in [0.4, 0.5) is 10.1 Å². The third kappa shape index (κ3) is 4.18. The van der Waals surface area contributed by atoms with Gasteiger partial charge in [0.2, 0.25) is 11.8 Å². The summed E-state index contributed by atoms with van der Waals surface area (Å²) >= 11 is 12.6. The van der Waals surface area contributed by atoms with Gasteiger partial charge in [0.25, 0.3) is 0 Å². The fourth-order valence-corrected chi connectivity index (χ4v) is 8.20. The first-order valence-electron chi connectivity index (χ1n) is 14.1. The summed E-state index contributed by atoms with van der Waals surface area (Å²) in [4.78, 5) is 32.5. The van der Waals surface area contributed by atoms with Gasteiger partial charge in [0.15, 0.2) is 11.0 Å². The first-order chi connectivity index (χ1) is 18.6. The average Bonchev–Trinajstić information content (AvgIpc) is 3.36. The van der Waals surface area contributed by atoms with Crippen LogP contribution in [0, 0.1) is 11.2 Å². The summed E-state index contributed by atoms with van der Waals surface area (Å²) in [6.45, 7) is 4.47. The zero-order valence-electron chi connectivity index (χ0n) is 22.4. The molecule has 0 radical (unpaired) electrons. The number of pyridine rings is 1. The van der Waals surface area contributed by atoms with Crippen molar-refractivity contribution >= 4 is 40.7 Å². The van der Waals surface area contributed by atoms with E-state index in [1.165, 1.54) is 12.6 Å². The van der Waals surface area contributed by atoms with Gasteiger partial charge in [-0.1, -0.05) is 62.4 Å². The van der Waals surface area contributed by atoms with E-state index >= 15 is 4.39 Å². The van der Waals surface area contributed by atoms with Gasteiger partial charge in [-0.3, -0.25) is 14.9 Å². The molecule has 2 aliphatic carbocycles. The number of nitrogens with zero attached hydrogens (tertiary/aromatic N) is 1. The topological polar surface area (TPSA) is 83.1 Å². The van der Waals surface area contributed by atoms with Crippen LogP contribution in [-0.2, 0) is 15.0 Å². The van der Waals surface area contributed by atoms with Crippen molar-refractivity contribution in [3.05, 3.63) is 57.6 Å². The maximum Gasteiger partial charge on any atom is 0.238 e. The molecular formula is C30H35Cl2FN4O2. The number of nitrogens with one attached hydrogen (secondary N) is 3. The average molecular weight is 574 g/mol. The molecular weight excluding hydrogens is 538 g/mol. The van der Waals surface area contributed by atoms with Crippen molar-refractivity contribution in [2.45, 2.75) is 101 Å². The van der Waals surface area contributed by atoms with Gasteiger partial charge in [0.05, 0.1) is 6.04 Å². The lowest BCUT2D eigenvalue weighted by Crippen LogP contribution is -2.61. The third-order valence-corrected chi connectivity index (χ3v) is 10.4. The number of carbonyl (C=O) groups is 2. The molecule has 1 saturated heterocycles. The molecule has 2 aromatic rings. The molecule has 4 aliphatic rings. The maximum atomic E-state index is 15.9. The van der Waals surface area contributed by atoms with Gasteiger partial charge in [0, 0.05) is 34.4 Å². The van der Waals surface area contributed by atoms with Crippen molar-refractivity contribution in [1.29, 1.82) is 0 Å². The molecule has 1 aromatic carbocycles. The minimum absolute atomic E-state index is 0.0702. The number of benzene rings is 1. The Balaban J connectivity index is 1.56. The molecule has 2 spiro atoms. The van der Waals surface area contributed by atoms with Crippen LogP contribution in [0.5, 0.6) is 0 Å². The van der Waals surface area contributed by atoms with E-state index in [1.807, 2.05) is 6.07 Å². The third-order valence-electron chi connectivity index (χ3n) is 9.90. The van der Waals surface area contributed by atoms with Crippen LogP contribution in [0.25, 0.3) is 0 Å². The highest BCUT2D eigenvalue weighted by molar-refractivity contribution is 6.31. The molecule has 208 valence electrons. The summed E-state index contributed by atoms with van der Waals surface area (Å²) in [5, 5.41) is 10.3. The second kappa shape index (κ2) is 9.71. The Bertz CT molecular complexity index is 1320. The lowest BCUT2D eigenvalue weighted by molar-refractivity contribution is -0.125. The number of halogens is 3. The van der Waals surface area contributed by atoms with Crippen LogP contribution in [-0.4, -0.2) is 34.4 Å². The van der Waals surface area contributed by atoms with E-state index in [0.29, 0.717) is 23.6 Å². The Labute approximate surface area is 238 Å². The summed E-state index contributed by atoms with van der Waals surface area (Å²) in [7, 11) is 0. The van der Waals surface area contributed by atoms with Crippen LogP contribution >= 0.6 is 23.2 Å². The molecule has 0 unspecified atom stereocenters. The number of hydrogen-bond donors (Lipinski definition) is 3. The summed E-state index contributed by atoms with van der Waals surface area (Å²) in [5.41, 5.74) is -0.344. The van der Waals surface area contributed by atoms with Crippen LogP contribution in [0.3, 0.4) is 0 Å². The SMILES string of the molecule is CC1(C)CCC2(CC1)N[C@@H](C(=O)NC1CCCCC1)[C@H](c1ccnc(Cl)c1F)[C@]21C(=O)Nc2cc(Cl)ccc21. The largest absolute Gasteiger partial charge is 0.352 e. The fraction of sp³-hybridized carbons (Fsp3) is 0.567. The Morgan fingerprint density at radius 1 is 1.08 bits per heavy atom. The number of aromatic nitrogens is 1. The second-order valence-corrected chi connectivity index (χ2v) is 13.4. The van der Waals surface area contributed by atoms with Crippen molar-refractivity contribution in [3.8, 4) is 0 Å². The highest BCUT2D eigenvalue weighted by atomic mass is 35.5. The molecule has 9 heteroatoms. The Morgan fingerprint density at radius 3 is 2.51 bits per heavy atom. The van der Waals surface area contributed by atoms with E-state index in [0.717, 1.165) is 44.1 Å². The first kappa shape index (κ1) is 27.0. The Morgan fingerprint density at radius 2 is 1.79 bits per heavy atom. The maximum absolute atomic E-state index is 15.9. The molecule has 0 bridgehead atoms. The zero-order valence-corrected chi connectivity index (χ0v) is 23.9. The predicted molar refractivity (Wildman–Crippen MR) is 151 cm³/mol. The Kier molecular flexibility index (Phi) is 6.71. The van der Waals surface area contributed by atoms with Crippen LogP contribution in [0.2, 0.25) is 10.2 Å². The first-order valence-corrected chi connectivity index (χ1v) is 14.8. The van der Waals surface area contributed by atoms with E-state index in [-0.39, 0.29) is 34.0 Å². The highest BCUT2D eigenvalue weighted by Crippen LogP contribution is 2.64. The lowest BCUT2D eigenvalue weighted by Gasteiger charge is -2.50. The van der Waals surface area contributed by atoms with Crippen molar-refractivity contribution in [2.24, 2.45) is 5.41 Å². The summed E-state index contributed by atoms with van der Waals surface area (Å²) in [5.74, 6) is -1.97. The zero-order chi connectivity index (χ0) is 27.6. The van der Waals surface area contributed by atoms with Gasteiger partial charge in [-0.25, -0.2) is 9.37 Å². The minimum Gasteiger partial charge on any atom is -0.352 e. The standard InChI is InChI=1S/C30H35Cl2FN4O2/c1-28(2)11-13-29(14-12-28)30(20-9-8-17(31)16-21(20)36-27(30)39)22(19-10-15-34-25(32)23(19)33)24(37-29)26(38)35-18-6-4-3-5-7-18/h8-10,15-16,18,22,24,37H,3-7,11-14H2,1-2H3,(H,35,38)(H,36,39)/t22-,24+,30+/m0/s1. The number of carbonyl (C=O) groups excluding carboxylic acids is 2. The molecule has 1 aromatic heterocycles. The molecule has 2 aliphatic heterocycles. The smallest absolute Gasteiger partial charge is 0.238 e. The van der Waals surface area contributed by atoms with Crippen LogP contribution in [0.1, 0.15) is 88.7 Å². The number of fused-ring (bicyclic) bond motifs is 3. The fourth-order valence-electron chi connectivity index (χ4n) is 7.87. The van der Waals surface area contributed by atoms with E-state index in [2.05, 4.69) is 34.8 Å². The van der Waals surface area contributed by atoms with Gasteiger partial charge in [0.1, 0.15) is 5.41 Å². The van der Waals surface area contributed by atoms with Crippen molar-refractivity contribution in [2.75, 3.05) is 5.32 Å².